The van der Waals surface area contributed by atoms with Gasteiger partial charge >= 0.3 is 0 Å². The zero-order valence-electron chi connectivity index (χ0n) is 10.8. The highest BCUT2D eigenvalue weighted by Gasteiger charge is 2.07. The number of thiophene rings is 1. The first-order chi connectivity index (χ1) is 9.19. The Kier molecular flexibility index (Phi) is 4.69. The van der Waals surface area contributed by atoms with Gasteiger partial charge in [0.2, 0.25) is 0 Å². The quantitative estimate of drug-likeness (QED) is 0.880. The minimum absolute atomic E-state index is 0.503. The molecule has 0 aliphatic heterocycles. The van der Waals surface area contributed by atoms with Gasteiger partial charge in [-0.15, -0.1) is 11.3 Å². The Hall–Kier alpha value is -1.67. The number of aliphatic hydroxyl groups excluding tert-OH is 1. The van der Waals surface area contributed by atoms with E-state index in [1.165, 1.54) is 5.56 Å². The maximum absolute atomic E-state index is 10.0. The highest BCUT2D eigenvalue weighted by Crippen LogP contribution is 2.15. The Morgan fingerprint density at radius 2 is 2.11 bits per heavy atom. The van der Waals surface area contributed by atoms with Crippen molar-refractivity contribution in [2.45, 2.75) is 19.6 Å². The lowest BCUT2D eigenvalue weighted by atomic mass is 10.1. The molecular weight excluding hydrogens is 256 g/mol. The number of aryl methyl sites for hydroxylation is 1. The van der Waals surface area contributed by atoms with Crippen LogP contribution in [0.15, 0.2) is 35.7 Å². The molecule has 1 unspecified atom stereocenters. The molecule has 0 fully saturated rings. The van der Waals surface area contributed by atoms with Crippen molar-refractivity contribution in [3.05, 3.63) is 57.3 Å². The topological polar surface area (TPSA) is 56.0 Å². The van der Waals surface area contributed by atoms with Crippen molar-refractivity contribution in [3.63, 3.8) is 0 Å². The Bertz CT molecular complexity index is 569. The van der Waals surface area contributed by atoms with Gasteiger partial charge in [-0.25, -0.2) is 0 Å². The van der Waals surface area contributed by atoms with E-state index in [4.69, 9.17) is 5.26 Å². The molecular formula is C15H16N2OS. The van der Waals surface area contributed by atoms with Gasteiger partial charge in [-0.3, -0.25) is 0 Å². The summed E-state index contributed by atoms with van der Waals surface area (Å²) >= 11 is 1.56. The van der Waals surface area contributed by atoms with E-state index in [-0.39, 0.29) is 0 Å². The van der Waals surface area contributed by atoms with Crippen LogP contribution in [0, 0.1) is 18.3 Å². The van der Waals surface area contributed by atoms with E-state index in [0.717, 1.165) is 10.4 Å². The van der Waals surface area contributed by atoms with Crippen molar-refractivity contribution in [1.29, 1.82) is 5.26 Å². The zero-order chi connectivity index (χ0) is 13.7. The molecule has 0 aliphatic rings. The lowest BCUT2D eigenvalue weighted by molar-refractivity contribution is 0.174. The molecule has 0 bridgehead atoms. The van der Waals surface area contributed by atoms with E-state index >= 15 is 0 Å². The number of hydrogen-bond acceptors (Lipinski definition) is 4. The molecule has 0 amide bonds. The molecule has 4 heteroatoms. The molecule has 1 aromatic heterocycles. The lowest BCUT2D eigenvalue weighted by Gasteiger charge is -2.12. The van der Waals surface area contributed by atoms with Gasteiger partial charge in [-0.1, -0.05) is 29.8 Å². The number of nitrogens with zero attached hydrogens (tertiary/aromatic N) is 1. The zero-order valence-corrected chi connectivity index (χ0v) is 11.6. The van der Waals surface area contributed by atoms with Crippen LogP contribution in [0.4, 0.5) is 0 Å². The first-order valence-electron chi connectivity index (χ1n) is 6.12. The van der Waals surface area contributed by atoms with Crippen LogP contribution in [0.25, 0.3) is 0 Å². The van der Waals surface area contributed by atoms with Crippen LogP contribution < -0.4 is 5.32 Å². The molecule has 1 atom stereocenters. The maximum atomic E-state index is 10.0. The molecule has 2 rings (SSSR count). The van der Waals surface area contributed by atoms with Crippen molar-refractivity contribution in [1.82, 2.24) is 5.32 Å². The molecule has 2 aromatic rings. The molecule has 1 heterocycles. The summed E-state index contributed by atoms with van der Waals surface area (Å²) in [4.78, 5) is 1.10. The molecule has 3 nitrogen and oxygen atoms in total. The number of benzene rings is 1. The molecule has 19 heavy (non-hydrogen) atoms. The van der Waals surface area contributed by atoms with Crippen LogP contribution in [0.5, 0.6) is 0 Å². The maximum Gasteiger partial charge on any atom is 0.100 e. The predicted molar refractivity (Wildman–Crippen MR) is 76.9 cm³/mol. The second-order valence-corrected chi connectivity index (χ2v) is 5.47. The summed E-state index contributed by atoms with van der Waals surface area (Å²) in [7, 11) is 0. The molecule has 1 aromatic carbocycles. The third kappa shape index (κ3) is 3.90. The monoisotopic (exact) mass is 272 g/mol. The summed E-state index contributed by atoms with van der Waals surface area (Å²) in [5.41, 5.74) is 2.80. The number of rotatable bonds is 5. The first-order valence-corrected chi connectivity index (χ1v) is 7.00. The summed E-state index contributed by atoms with van der Waals surface area (Å²) in [5, 5.41) is 23.8. The Morgan fingerprint density at radius 1 is 1.37 bits per heavy atom. The van der Waals surface area contributed by atoms with Gasteiger partial charge in [0.05, 0.1) is 11.7 Å². The fourth-order valence-corrected chi connectivity index (χ4v) is 2.55. The Balaban J connectivity index is 1.82. The largest absolute Gasteiger partial charge is 0.387 e. The van der Waals surface area contributed by atoms with Crippen molar-refractivity contribution in [2.24, 2.45) is 0 Å². The van der Waals surface area contributed by atoms with E-state index in [9.17, 15) is 5.11 Å². The van der Waals surface area contributed by atoms with Crippen LogP contribution in [0.2, 0.25) is 0 Å². The van der Waals surface area contributed by atoms with Crippen molar-refractivity contribution < 1.29 is 5.11 Å². The normalized spacial score (nSPS) is 12.1. The van der Waals surface area contributed by atoms with Crippen molar-refractivity contribution >= 4 is 11.3 Å². The standard InChI is InChI=1S/C15H16N2OS/c1-11-2-4-13(5-3-11)15(18)9-17-8-14-6-12(7-16)10-19-14/h2-6,10,15,17-18H,8-9H2,1H3. The third-order valence-corrected chi connectivity index (χ3v) is 3.82. The molecule has 0 saturated carbocycles. The SMILES string of the molecule is Cc1ccc(C(O)CNCc2cc(C#N)cs2)cc1. The smallest absolute Gasteiger partial charge is 0.100 e. The number of nitrogens with one attached hydrogen (secondary N) is 1. The van der Waals surface area contributed by atoms with E-state index < -0.39 is 6.10 Å². The average molecular weight is 272 g/mol. The van der Waals surface area contributed by atoms with Crippen molar-refractivity contribution in [2.75, 3.05) is 6.54 Å². The molecule has 0 saturated heterocycles. The van der Waals surface area contributed by atoms with Crippen LogP contribution in [-0.4, -0.2) is 11.7 Å². The van der Waals surface area contributed by atoms with Gasteiger partial charge in [0.1, 0.15) is 6.07 Å². The summed E-state index contributed by atoms with van der Waals surface area (Å²) in [6.45, 7) is 3.20. The number of aliphatic hydroxyl groups is 1. The van der Waals surface area contributed by atoms with Gasteiger partial charge in [0.25, 0.3) is 0 Å². The van der Waals surface area contributed by atoms with Crippen LogP contribution in [-0.2, 0) is 6.54 Å². The minimum atomic E-state index is -0.504. The van der Waals surface area contributed by atoms with Gasteiger partial charge in [0.15, 0.2) is 0 Å². The molecule has 0 spiro atoms. The number of nitriles is 1. The highest BCUT2D eigenvalue weighted by molar-refractivity contribution is 7.10. The Morgan fingerprint density at radius 3 is 2.74 bits per heavy atom. The fraction of sp³-hybridized carbons (Fsp3) is 0.267. The van der Waals surface area contributed by atoms with E-state index in [2.05, 4.69) is 11.4 Å². The summed E-state index contributed by atoms with van der Waals surface area (Å²) < 4.78 is 0. The van der Waals surface area contributed by atoms with Crippen molar-refractivity contribution in [3.8, 4) is 6.07 Å². The second-order valence-electron chi connectivity index (χ2n) is 4.47. The fourth-order valence-electron chi connectivity index (χ4n) is 1.77. The summed E-state index contributed by atoms with van der Waals surface area (Å²) in [5.74, 6) is 0. The third-order valence-electron chi connectivity index (χ3n) is 2.88. The predicted octanol–water partition coefficient (Wildman–Crippen LogP) is 2.75. The molecule has 0 radical (unpaired) electrons. The Labute approximate surface area is 117 Å². The van der Waals surface area contributed by atoms with E-state index in [0.29, 0.717) is 18.7 Å². The van der Waals surface area contributed by atoms with Gasteiger partial charge < -0.3 is 10.4 Å². The van der Waals surface area contributed by atoms with Crippen LogP contribution in [0.1, 0.15) is 27.7 Å². The summed E-state index contributed by atoms with van der Waals surface area (Å²) in [6.07, 6.45) is -0.504. The average Bonchev–Trinajstić information content (AvgIpc) is 2.87. The molecule has 2 N–H and O–H groups in total. The van der Waals surface area contributed by atoms with E-state index in [1.807, 2.05) is 42.6 Å². The second kappa shape index (κ2) is 6.48. The van der Waals surface area contributed by atoms with Gasteiger partial charge in [-0.05, 0) is 18.6 Å². The van der Waals surface area contributed by atoms with Gasteiger partial charge in [0, 0.05) is 23.3 Å². The molecule has 0 aliphatic carbocycles. The van der Waals surface area contributed by atoms with E-state index in [1.54, 1.807) is 11.3 Å². The summed E-state index contributed by atoms with van der Waals surface area (Å²) in [6, 6.07) is 11.9. The minimum Gasteiger partial charge on any atom is -0.387 e. The van der Waals surface area contributed by atoms with Crippen LogP contribution in [0.3, 0.4) is 0 Å². The van der Waals surface area contributed by atoms with Gasteiger partial charge in [-0.2, -0.15) is 5.26 Å². The highest BCUT2D eigenvalue weighted by atomic mass is 32.1. The lowest BCUT2D eigenvalue weighted by Crippen LogP contribution is -2.20. The number of hydrogen-bond donors (Lipinski definition) is 2. The van der Waals surface area contributed by atoms with Crippen LogP contribution >= 0.6 is 11.3 Å². The molecule has 98 valence electrons. The first kappa shape index (κ1) is 13.8.